The lowest BCUT2D eigenvalue weighted by molar-refractivity contribution is 0.0476. The van der Waals surface area contributed by atoms with Crippen molar-refractivity contribution in [1.29, 1.82) is 0 Å². The standard InChI is InChI=1S/C18H12ClNO3/c19-17-10-14(13-8-4-5-9-15(13)20-17)18(22)23-11-16(21)12-6-2-1-3-7-12/h1-10H,11H2. The highest BCUT2D eigenvalue weighted by molar-refractivity contribution is 6.30. The summed E-state index contributed by atoms with van der Waals surface area (Å²) in [6.07, 6.45) is 0. The van der Waals surface area contributed by atoms with E-state index >= 15 is 0 Å². The SMILES string of the molecule is O=C(COC(=O)c1cc(Cl)nc2ccccc12)c1ccccc1. The van der Waals surface area contributed by atoms with E-state index in [9.17, 15) is 9.59 Å². The van der Waals surface area contributed by atoms with Crippen LogP contribution in [0.4, 0.5) is 0 Å². The molecule has 2 aromatic carbocycles. The molecule has 0 saturated heterocycles. The average molecular weight is 326 g/mol. The number of nitrogens with zero attached hydrogens (tertiary/aromatic N) is 1. The van der Waals surface area contributed by atoms with Gasteiger partial charge in [-0.25, -0.2) is 9.78 Å². The Morgan fingerprint density at radius 1 is 1.00 bits per heavy atom. The molecule has 0 fully saturated rings. The van der Waals surface area contributed by atoms with Crippen molar-refractivity contribution in [3.05, 3.63) is 76.9 Å². The van der Waals surface area contributed by atoms with Crippen molar-refractivity contribution in [2.75, 3.05) is 6.61 Å². The lowest BCUT2D eigenvalue weighted by atomic mass is 10.1. The molecule has 3 aromatic rings. The summed E-state index contributed by atoms with van der Waals surface area (Å²) in [7, 11) is 0. The topological polar surface area (TPSA) is 56.3 Å². The Bertz CT molecular complexity index is 878. The van der Waals surface area contributed by atoms with E-state index < -0.39 is 5.97 Å². The second kappa shape index (κ2) is 6.58. The summed E-state index contributed by atoms with van der Waals surface area (Å²) in [6, 6.07) is 17.2. The number of hydrogen-bond acceptors (Lipinski definition) is 4. The fraction of sp³-hybridized carbons (Fsp3) is 0.0556. The van der Waals surface area contributed by atoms with Crippen LogP contribution in [0.2, 0.25) is 5.15 Å². The van der Waals surface area contributed by atoms with Crippen LogP contribution in [0.25, 0.3) is 10.9 Å². The van der Waals surface area contributed by atoms with Crippen LogP contribution < -0.4 is 0 Å². The predicted molar refractivity (Wildman–Crippen MR) is 87.8 cm³/mol. The van der Waals surface area contributed by atoms with Crippen molar-refractivity contribution in [2.45, 2.75) is 0 Å². The lowest BCUT2D eigenvalue weighted by Gasteiger charge is -2.07. The Balaban J connectivity index is 1.80. The van der Waals surface area contributed by atoms with Crippen molar-refractivity contribution >= 4 is 34.3 Å². The number of Topliss-reactive ketones (excluding diaryl/α,β-unsaturated/α-hetero) is 1. The molecule has 0 bridgehead atoms. The third kappa shape index (κ3) is 3.38. The van der Waals surface area contributed by atoms with E-state index in [0.717, 1.165) is 0 Å². The van der Waals surface area contributed by atoms with E-state index in [1.807, 2.05) is 6.07 Å². The van der Waals surface area contributed by atoms with Crippen LogP contribution in [0, 0.1) is 0 Å². The van der Waals surface area contributed by atoms with E-state index in [2.05, 4.69) is 4.98 Å². The first-order valence-electron chi connectivity index (χ1n) is 6.96. The summed E-state index contributed by atoms with van der Waals surface area (Å²) < 4.78 is 5.13. The summed E-state index contributed by atoms with van der Waals surface area (Å²) in [4.78, 5) is 28.4. The molecule has 0 aliphatic heterocycles. The molecule has 1 heterocycles. The number of halogens is 1. The summed E-state index contributed by atoms with van der Waals surface area (Å²) in [5, 5.41) is 0.832. The van der Waals surface area contributed by atoms with Crippen LogP contribution >= 0.6 is 11.6 Å². The van der Waals surface area contributed by atoms with Crippen LogP contribution in [0.5, 0.6) is 0 Å². The fourth-order valence-corrected chi connectivity index (χ4v) is 2.43. The minimum atomic E-state index is -0.602. The van der Waals surface area contributed by atoms with Crippen molar-refractivity contribution < 1.29 is 14.3 Å². The number of ketones is 1. The number of hydrogen-bond donors (Lipinski definition) is 0. The molecule has 0 unspecified atom stereocenters. The van der Waals surface area contributed by atoms with Crippen LogP contribution in [-0.4, -0.2) is 23.3 Å². The van der Waals surface area contributed by atoms with Gasteiger partial charge in [0.05, 0.1) is 11.1 Å². The number of rotatable bonds is 4. The molecule has 0 radical (unpaired) electrons. The summed E-state index contributed by atoms with van der Waals surface area (Å²) >= 11 is 5.94. The van der Waals surface area contributed by atoms with Gasteiger partial charge in [-0.05, 0) is 12.1 Å². The zero-order valence-electron chi connectivity index (χ0n) is 12.0. The Morgan fingerprint density at radius 3 is 2.48 bits per heavy atom. The number of benzene rings is 2. The van der Waals surface area contributed by atoms with Gasteiger partial charge in [0.1, 0.15) is 5.15 Å². The molecular formula is C18H12ClNO3. The average Bonchev–Trinajstić information content (AvgIpc) is 2.59. The van der Waals surface area contributed by atoms with Crippen LogP contribution in [0.3, 0.4) is 0 Å². The van der Waals surface area contributed by atoms with Crippen molar-refractivity contribution in [3.8, 4) is 0 Å². The van der Waals surface area contributed by atoms with E-state index in [1.54, 1.807) is 48.5 Å². The second-order valence-corrected chi connectivity index (χ2v) is 5.26. The smallest absolute Gasteiger partial charge is 0.339 e. The highest BCUT2D eigenvalue weighted by Gasteiger charge is 2.15. The summed E-state index contributed by atoms with van der Waals surface area (Å²) in [5.74, 6) is -0.863. The molecule has 4 nitrogen and oxygen atoms in total. The number of esters is 1. The maximum Gasteiger partial charge on any atom is 0.339 e. The monoisotopic (exact) mass is 325 g/mol. The number of carbonyl (C=O) groups excluding carboxylic acids is 2. The Morgan fingerprint density at radius 2 is 1.70 bits per heavy atom. The van der Waals surface area contributed by atoms with E-state index in [-0.39, 0.29) is 17.5 Å². The highest BCUT2D eigenvalue weighted by atomic mass is 35.5. The van der Waals surface area contributed by atoms with Gasteiger partial charge in [0.15, 0.2) is 12.4 Å². The number of para-hydroxylation sites is 1. The maximum absolute atomic E-state index is 12.3. The van der Waals surface area contributed by atoms with Gasteiger partial charge in [-0.2, -0.15) is 0 Å². The summed E-state index contributed by atoms with van der Waals surface area (Å²) in [5.41, 5.74) is 1.39. The van der Waals surface area contributed by atoms with E-state index in [0.29, 0.717) is 22.0 Å². The molecule has 0 N–H and O–H groups in total. The predicted octanol–water partition coefficient (Wildman–Crippen LogP) is 3.93. The Labute approximate surface area is 137 Å². The summed E-state index contributed by atoms with van der Waals surface area (Å²) in [6.45, 7) is -0.322. The minimum absolute atomic E-state index is 0.199. The van der Waals surface area contributed by atoms with E-state index in [4.69, 9.17) is 16.3 Å². The Hall–Kier alpha value is -2.72. The number of carbonyl (C=O) groups is 2. The third-order valence-corrected chi connectivity index (χ3v) is 3.53. The van der Waals surface area contributed by atoms with Gasteiger partial charge in [-0.3, -0.25) is 4.79 Å². The number of fused-ring (bicyclic) bond motifs is 1. The van der Waals surface area contributed by atoms with Gasteiger partial charge >= 0.3 is 5.97 Å². The normalized spacial score (nSPS) is 10.5. The van der Waals surface area contributed by atoms with Gasteiger partial charge in [0.25, 0.3) is 0 Å². The quantitative estimate of drug-likeness (QED) is 0.414. The number of pyridine rings is 1. The molecule has 0 aliphatic carbocycles. The molecule has 1 aromatic heterocycles. The largest absolute Gasteiger partial charge is 0.454 e. The van der Waals surface area contributed by atoms with Crippen molar-refractivity contribution in [3.63, 3.8) is 0 Å². The number of ether oxygens (including phenoxy) is 1. The van der Waals surface area contributed by atoms with Crippen LogP contribution in [-0.2, 0) is 4.74 Å². The zero-order chi connectivity index (χ0) is 16.2. The molecule has 0 spiro atoms. The maximum atomic E-state index is 12.3. The molecule has 23 heavy (non-hydrogen) atoms. The molecule has 3 rings (SSSR count). The van der Waals surface area contributed by atoms with Gasteiger partial charge in [-0.15, -0.1) is 0 Å². The van der Waals surface area contributed by atoms with Crippen LogP contribution in [0.1, 0.15) is 20.7 Å². The highest BCUT2D eigenvalue weighted by Crippen LogP contribution is 2.21. The first-order chi connectivity index (χ1) is 11.1. The molecule has 0 amide bonds. The fourth-order valence-electron chi connectivity index (χ4n) is 2.23. The molecule has 5 heteroatoms. The third-order valence-electron chi connectivity index (χ3n) is 3.33. The van der Waals surface area contributed by atoms with Crippen molar-refractivity contribution in [2.24, 2.45) is 0 Å². The minimum Gasteiger partial charge on any atom is -0.454 e. The van der Waals surface area contributed by atoms with Crippen molar-refractivity contribution in [1.82, 2.24) is 4.98 Å². The van der Waals surface area contributed by atoms with E-state index in [1.165, 1.54) is 6.07 Å². The van der Waals surface area contributed by atoms with Gasteiger partial charge in [-0.1, -0.05) is 60.1 Å². The number of aromatic nitrogens is 1. The first kappa shape index (κ1) is 15.2. The van der Waals surface area contributed by atoms with Crippen LogP contribution in [0.15, 0.2) is 60.7 Å². The lowest BCUT2D eigenvalue weighted by Crippen LogP contribution is -2.14. The molecular weight excluding hydrogens is 314 g/mol. The van der Waals surface area contributed by atoms with Gasteiger partial charge in [0.2, 0.25) is 0 Å². The molecule has 114 valence electrons. The second-order valence-electron chi connectivity index (χ2n) is 4.88. The molecule has 0 atom stereocenters. The zero-order valence-corrected chi connectivity index (χ0v) is 12.8. The Kier molecular flexibility index (Phi) is 4.35. The molecule has 0 aliphatic rings. The van der Waals surface area contributed by atoms with Gasteiger partial charge < -0.3 is 4.74 Å². The molecule has 0 saturated carbocycles. The first-order valence-corrected chi connectivity index (χ1v) is 7.33. The van der Waals surface area contributed by atoms with Gasteiger partial charge in [0, 0.05) is 10.9 Å².